The van der Waals surface area contributed by atoms with E-state index in [9.17, 15) is 14.4 Å². The van der Waals surface area contributed by atoms with Crippen molar-refractivity contribution in [2.24, 2.45) is 5.92 Å². The molecule has 3 rings (SSSR count). The summed E-state index contributed by atoms with van der Waals surface area (Å²) < 4.78 is 16.2. The summed E-state index contributed by atoms with van der Waals surface area (Å²) in [6.45, 7) is 2.85. The van der Waals surface area contributed by atoms with Gasteiger partial charge in [0.25, 0.3) is 5.91 Å². The van der Waals surface area contributed by atoms with Crippen molar-refractivity contribution in [2.75, 3.05) is 48.5 Å². The minimum Gasteiger partial charge on any atom is -0.497 e. The topological polar surface area (TPSA) is 85.4 Å². The molecule has 2 aromatic carbocycles. The van der Waals surface area contributed by atoms with Crippen LogP contribution in [0, 0.1) is 12.8 Å². The number of benzene rings is 2. The molecule has 1 amide bonds. The maximum absolute atomic E-state index is 13.8. The standard InChI is InChI=1S/C26H32N2O6/c1-16-14-17(32-4)8-10-19(16)24(29)22-23(20-15-18(33-5)9-11-21(20)34-6)28(26(31)25(22)30)13-7-12-27(2)3/h8-11,14-15,22-23H,7,12-13H2,1-6H3. The van der Waals surface area contributed by atoms with Crippen molar-refractivity contribution < 1.29 is 28.6 Å². The first-order valence-corrected chi connectivity index (χ1v) is 11.1. The van der Waals surface area contributed by atoms with Crippen LogP contribution >= 0.6 is 0 Å². The van der Waals surface area contributed by atoms with Gasteiger partial charge in [0, 0.05) is 17.7 Å². The molecular weight excluding hydrogens is 436 g/mol. The summed E-state index contributed by atoms with van der Waals surface area (Å²) in [6, 6.07) is 9.45. The van der Waals surface area contributed by atoms with E-state index in [1.54, 1.807) is 50.4 Å². The smallest absolute Gasteiger partial charge is 0.291 e. The molecule has 8 nitrogen and oxygen atoms in total. The molecule has 1 aliphatic heterocycles. The Bertz CT molecular complexity index is 1080. The second kappa shape index (κ2) is 10.7. The van der Waals surface area contributed by atoms with E-state index >= 15 is 0 Å². The number of rotatable bonds is 10. The maximum Gasteiger partial charge on any atom is 0.291 e. The highest BCUT2D eigenvalue weighted by molar-refractivity contribution is 6.44. The number of amides is 1. The van der Waals surface area contributed by atoms with Gasteiger partial charge in [0.15, 0.2) is 5.78 Å². The van der Waals surface area contributed by atoms with Gasteiger partial charge in [-0.15, -0.1) is 0 Å². The van der Waals surface area contributed by atoms with Crippen LogP contribution in [0.2, 0.25) is 0 Å². The third-order valence-electron chi connectivity index (χ3n) is 6.15. The average Bonchev–Trinajstić information content (AvgIpc) is 3.07. The van der Waals surface area contributed by atoms with Crippen molar-refractivity contribution in [3.63, 3.8) is 0 Å². The second-order valence-corrected chi connectivity index (χ2v) is 8.60. The zero-order valence-electron chi connectivity index (χ0n) is 20.6. The Kier molecular flexibility index (Phi) is 7.94. The Morgan fingerprint density at radius 3 is 2.21 bits per heavy atom. The van der Waals surface area contributed by atoms with E-state index in [1.165, 1.54) is 19.1 Å². The van der Waals surface area contributed by atoms with Gasteiger partial charge in [-0.05, 0) is 75.9 Å². The average molecular weight is 469 g/mol. The summed E-state index contributed by atoms with van der Waals surface area (Å²) in [4.78, 5) is 43.7. The van der Waals surface area contributed by atoms with Crippen LogP contribution in [0.5, 0.6) is 17.2 Å². The Morgan fingerprint density at radius 2 is 1.62 bits per heavy atom. The number of nitrogens with zero attached hydrogens (tertiary/aromatic N) is 2. The van der Waals surface area contributed by atoms with Crippen molar-refractivity contribution >= 4 is 17.5 Å². The molecule has 34 heavy (non-hydrogen) atoms. The molecule has 1 saturated heterocycles. The van der Waals surface area contributed by atoms with Crippen LogP contribution < -0.4 is 14.2 Å². The van der Waals surface area contributed by atoms with Crippen LogP contribution in [-0.2, 0) is 9.59 Å². The molecule has 1 heterocycles. The summed E-state index contributed by atoms with van der Waals surface area (Å²) in [5.74, 6) is -1.32. The highest BCUT2D eigenvalue weighted by Crippen LogP contribution is 2.43. The molecule has 0 spiro atoms. The van der Waals surface area contributed by atoms with Gasteiger partial charge in [-0.2, -0.15) is 0 Å². The number of hydrogen-bond donors (Lipinski definition) is 0. The number of hydrogen-bond acceptors (Lipinski definition) is 7. The molecule has 1 fully saturated rings. The van der Waals surface area contributed by atoms with Crippen molar-refractivity contribution in [3.8, 4) is 17.2 Å². The number of methoxy groups -OCH3 is 3. The number of likely N-dealkylation sites (tertiary alicyclic amines) is 1. The predicted molar refractivity (Wildman–Crippen MR) is 128 cm³/mol. The normalized spacial score (nSPS) is 17.9. The van der Waals surface area contributed by atoms with Gasteiger partial charge in [0.2, 0.25) is 5.78 Å². The molecule has 0 saturated carbocycles. The van der Waals surface area contributed by atoms with Crippen LogP contribution in [0.3, 0.4) is 0 Å². The van der Waals surface area contributed by atoms with Gasteiger partial charge in [-0.25, -0.2) is 0 Å². The Hall–Kier alpha value is -3.39. The van der Waals surface area contributed by atoms with E-state index in [1.807, 2.05) is 19.0 Å². The Morgan fingerprint density at radius 1 is 0.971 bits per heavy atom. The molecule has 2 atom stereocenters. The van der Waals surface area contributed by atoms with Gasteiger partial charge in [-0.3, -0.25) is 14.4 Å². The molecule has 0 aromatic heterocycles. The number of carbonyl (C=O) groups excluding carboxylic acids is 3. The third kappa shape index (κ3) is 4.92. The van der Waals surface area contributed by atoms with Crippen molar-refractivity contribution in [2.45, 2.75) is 19.4 Å². The molecule has 0 bridgehead atoms. The minimum absolute atomic E-state index is 0.332. The molecule has 182 valence electrons. The quantitative estimate of drug-likeness (QED) is 0.301. The van der Waals surface area contributed by atoms with E-state index in [4.69, 9.17) is 14.2 Å². The lowest BCUT2D eigenvalue weighted by Crippen LogP contribution is -2.33. The van der Waals surface area contributed by atoms with E-state index in [2.05, 4.69) is 0 Å². The summed E-state index contributed by atoms with van der Waals surface area (Å²) in [7, 11) is 8.49. The summed E-state index contributed by atoms with van der Waals surface area (Å²) in [5, 5.41) is 0. The van der Waals surface area contributed by atoms with Gasteiger partial charge in [0.05, 0.1) is 27.4 Å². The molecule has 0 aliphatic carbocycles. The molecule has 1 aliphatic rings. The van der Waals surface area contributed by atoms with Crippen molar-refractivity contribution in [3.05, 3.63) is 53.1 Å². The molecule has 2 unspecified atom stereocenters. The van der Waals surface area contributed by atoms with Crippen LogP contribution in [0.15, 0.2) is 36.4 Å². The summed E-state index contributed by atoms with van der Waals surface area (Å²) in [5.41, 5.74) is 1.62. The first kappa shape index (κ1) is 25.2. The predicted octanol–water partition coefficient (Wildman–Crippen LogP) is 2.92. The first-order chi connectivity index (χ1) is 16.2. The lowest BCUT2D eigenvalue weighted by atomic mass is 9.84. The monoisotopic (exact) mass is 468 g/mol. The Labute approximate surface area is 200 Å². The maximum atomic E-state index is 13.8. The first-order valence-electron chi connectivity index (χ1n) is 11.1. The van der Waals surface area contributed by atoms with E-state index < -0.39 is 29.4 Å². The van der Waals surface area contributed by atoms with Crippen LogP contribution in [0.1, 0.15) is 33.9 Å². The zero-order chi connectivity index (χ0) is 25.0. The fourth-order valence-corrected chi connectivity index (χ4v) is 4.41. The highest BCUT2D eigenvalue weighted by Gasteiger charge is 2.52. The molecule has 2 aromatic rings. The summed E-state index contributed by atoms with van der Waals surface area (Å²) >= 11 is 0. The second-order valence-electron chi connectivity index (χ2n) is 8.60. The van der Waals surface area contributed by atoms with Crippen molar-refractivity contribution in [1.82, 2.24) is 9.80 Å². The lowest BCUT2D eigenvalue weighted by molar-refractivity contribution is -0.140. The Balaban J connectivity index is 2.12. The molecular formula is C26H32N2O6. The van der Waals surface area contributed by atoms with E-state index in [-0.39, 0.29) is 0 Å². The van der Waals surface area contributed by atoms with Gasteiger partial charge in [-0.1, -0.05) is 0 Å². The van der Waals surface area contributed by atoms with Crippen molar-refractivity contribution in [1.29, 1.82) is 0 Å². The molecule has 0 radical (unpaired) electrons. The fourth-order valence-electron chi connectivity index (χ4n) is 4.41. The summed E-state index contributed by atoms with van der Waals surface area (Å²) in [6.07, 6.45) is 0.650. The number of Topliss-reactive ketones (excluding diaryl/α,β-unsaturated/α-hetero) is 2. The minimum atomic E-state index is -1.19. The van der Waals surface area contributed by atoms with E-state index in [0.717, 1.165) is 6.54 Å². The number of ether oxygens (including phenoxy) is 3. The van der Waals surface area contributed by atoms with Gasteiger partial charge in [0.1, 0.15) is 23.2 Å². The van der Waals surface area contributed by atoms with Crippen LogP contribution in [-0.4, -0.2) is 75.8 Å². The molecule has 0 N–H and O–H groups in total. The number of ketones is 2. The molecule has 8 heteroatoms. The third-order valence-corrected chi connectivity index (χ3v) is 6.15. The van der Waals surface area contributed by atoms with Crippen LogP contribution in [0.4, 0.5) is 0 Å². The highest BCUT2D eigenvalue weighted by atomic mass is 16.5. The largest absolute Gasteiger partial charge is 0.497 e. The zero-order valence-corrected chi connectivity index (χ0v) is 20.6. The number of carbonyl (C=O) groups is 3. The van der Waals surface area contributed by atoms with Crippen LogP contribution in [0.25, 0.3) is 0 Å². The fraction of sp³-hybridized carbons (Fsp3) is 0.423. The van der Waals surface area contributed by atoms with Gasteiger partial charge >= 0.3 is 0 Å². The van der Waals surface area contributed by atoms with E-state index in [0.29, 0.717) is 46.9 Å². The SMILES string of the molecule is COc1ccc(C(=O)C2C(=O)C(=O)N(CCCN(C)C)C2c2cc(OC)ccc2OC)c(C)c1. The number of aryl methyl sites for hydroxylation is 1. The van der Waals surface area contributed by atoms with Gasteiger partial charge < -0.3 is 24.0 Å². The lowest BCUT2D eigenvalue weighted by Gasteiger charge is -2.29.